The largest absolute Gasteiger partial charge is 0.391 e. The van der Waals surface area contributed by atoms with Gasteiger partial charge in [-0.25, -0.2) is 0 Å². The molecule has 2 aliphatic heterocycles. The number of aliphatic hydroxyl groups excluding tert-OH is 1. The van der Waals surface area contributed by atoms with Crippen LogP contribution in [0.25, 0.3) is 0 Å². The molecule has 1 aromatic rings. The number of aromatic nitrogens is 2. The summed E-state index contributed by atoms with van der Waals surface area (Å²) in [6, 6.07) is 2.00. The molecule has 2 fully saturated rings. The molecule has 0 saturated carbocycles. The highest BCUT2D eigenvalue weighted by molar-refractivity contribution is 5.78. The number of hydrogen-bond donors (Lipinski definition) is 2. The van der Waals surface area contributed by atoms with Gasteiger partial charge in [0.05, 0.1) is 18.3 Å². The molecule has 24 heavy (non-hydrogen) atoms. The molecule has 2 aliphatic rings. The van der Waals surface area contributed by atoms with E-state index in [0.717, 1.165) is 44.0 Å². The molecular formula is C17H29N5O2. The predicted molar refractivity (Wildman–Crippen MR) is 91.7 cm³/mol. The zero-order chi connectivity index (χ0) is 17.1. The number of H-pyrrole nitrogens is 1. The lowest BCUT2D eigenvalue weighted by molar-refractivity contribution is -0.131. The van der Waals surface area contributed by atoms with Gasteiger partial charge >= 0.3 is 0 Å². The quantitative estimate of drug-likeness (QED) is 0.791. The lowest BCUT2D eigenvalue weighted by atomic mass is 10.0. The van der Waals surface area contributed by atoms with E-state index in [1.54, 1.807) is 0 Å². The number of likely N-dealkylation sites (tertiary alicyclic amines) is 1. The first kappa shape index (κ1) is 17.4. The van der Waals surface area contributed by atoms with Crippen LogP contribution in [0, 0.1) is 12.8 Å². The van der Waals surface area contributed by atoms with Gasteiger partial charge < -0.3 is 14.9 Å². The van der Waals surface area contributed by atoms with Crippen LogP contribution in [0.1, 0.15) is 17.8 Å². The number of amides is 1. The van der Waals surface area contributed by atoms with Gasteiger partial charge in [0.2, 0.25) is 5.91 Å². The zero-order valence-electron chi connectivity index (χ0n) is 14.7. The fourth-order valence-electron chi connectivity index (χ4n) is 3.66. The van der Waals surface area contributed by atoms with Gasteiger partial charge in [0, 0.05) is 37.8 Å². The van der Waals surface area contributed by atoms with E-state index < -0.39 is 6.10 Å². The van der Waals surface area contributed by atoms with E-state index in [-0.39, 0.29) is 11.8 Å². The standard InChI is InChI=1S/C17H29N5O2/c1-13-8-15(19-18-13)9-14-10-22(11-16(14)23)17(24)12-21-5-3-4-20(2)6-7-21/h8,14,16,23H,3-7,9-12H2,1-2H3,(H,18,19)/t14-,16+/m1/s1. The smallest absolute Gasteiger partial charge is 0.236 e. The summed E-state index contributed by atoms with van der Waals surface area (Å²) in [6.45, 7) is 7.53. The molecule has 0 aromatic carbocycles. The maximum absolute atomic E-state index is 12.6. The van der Waals surface area contributed by atoms with Crippen LogP contribution in [-0.2, 0) is 11.2 Å². The number of hydrogen-bond acceptors (Lipinski definition) is 5. The minimum Gasteiger partial charge on any atom is -0.391 e. The zero-order valence-corrected chi connectivity index (χ0v) is 14.7. The summed E-state index contributed by atoms with van der Waals surface area (Å²) in [5.74, 6) is 0.214. The predicted octanol–water partition coefficient (Wildman–Crippen LogP) is -0.283. The van der Waals surface area contributed by atoms with Crippen LogP contribution in [0.15, 0.2) is 6.07 Å². The summed E-state index contributed by atoms with van der Waals surface area (Å²) in [5.41, 5.74) is 1.98. The van der Waals surface area contributed by atoms with Crippen LogP contribution in [0.2, 0.25) is 0 Å². The van der Waals surface area contributed by atoms with E-state index in [1.807, 2.05) is 17.9 Å². The Hall–Kier alpha value is -1.44. The third-order valence-corrected chi connectivity index (χ3v) is 5.16. The van der Waals surface area contributed by atoms with Crippen molar-refractivity contribution < 1.29 is 9.90 Å². The molecule has 3 heterocycles. The number of likely N-dealkylation sites (N-methyl/N-ethyl adjacent to an activating group) is 1. The lowest BCUT2D eigenvalue weighted by Gasteiger charge is -2.23. The molecular weight excluding hydrogens is 306 g/mol. The summed E-state index contributed by atoms with van der Waals surface area (Å²) in [5, 5.41) is 17.5. The summed E-state index contributed by atoms with van der Waals surface area (Å²) in [6.07, 6.45) is 1.36. The summed E-state index contributed by atoms with van der Waals surface area (Å²) < 4.78 is 0. The minimum atomic E-state index is -0.457. The average molecular weight is 335 g/mol. The Morgan fingerprint density at radius 1 is 1.33 bits per heavy atom. The van der Waals surface area contributed by atoms with Crippen molar-refractivity contribution in [1.29, 1.82) is 0 Å². The lowest BCUT2D eigenvalue weighted by Crippen LogP contribution is -2.41. The molecule has 0 bridgehead atoms. The molecule has 0 spiro atoms. The third-order valence-electron chi connectivity index (χ3n) is 5.16. The van der Waals surface area contributed by atoms with Crippen molar-refractivity contribution in [2.24, 2.45) is 5.92 Å². The Morgan fingerprint density at radius 2 is 2.17 bits per heavy atom. The Kier molecular flexibility index (Phi) is 5.53. The SMILES string of the molecule is Cc1cc(C[C@@H]2CN(C(=O)CN3CCCN(C)CC3)C[C@@H]2O)n[nH]1. The van der Waals surface area contributed by atoms with E-state index in [2.05, 4.69) is 27.0 Å². The van der Waals surface area contributed by atoms with Gasteiger partial charge in [-0.15, -0.1) is 0 Å². The Labute approximate surface area is 143 Å². The maximum Gasteiger partial charge on any atom is 0.236 e. The van der Waals surface area contributed by atoms with Gasteiger partial charge in [-0.2, -0.15) is 5.10 Å². The number of nitrogens with zero attached hydrogens (tertiary/aromatic N) is 4. The molecule has 0 aliphatic carbocycles. The Morgan fingerprint density at radius 3 is 2.92 bits per heavy atom. The summed E-state index contributed by atoms with van der Waals surface area (Å²) in [4.78, 5) is 19.0. The molecule has 0 unspecified atom stereocenters. The van der Waals surface area contributed by atoms with Crippen molar-refractivity contribution in [2.75, 3.05) is 52.9 Å². The van der Waals surface area contributed by atoms with Gasteiger partial charge in [0.1, 0.15) is 0 Å². The van der Waals surface area contributed by atoms with E-state index in [1.165, 1.54) is 0 Å². The second kappa shape index (κ2) is 7.63. The van der Waals surface area contributed by atoms with E-state index in [4.69, 9.17) is 0 Å². The van der Waals surface area contributed by atoms with Gasteiger partial charge in [-0.3, -0.25) is 14.8 Å². The number of aromatic amines is 1. The topological polar surface area (TPSA) is 75.7 Å². The fourth-order valence-corrected chi connectivity index (χ4v) is 3.66. The summed E-state index contributed by atoms with van der Waals surface area (Å²) >= 11 is 0. The summed E-state index contributed by atoms with van der Waals surface area (Å²) in [7, 11) is 2.13. The number of aliphatic hydroxyl groups is 1. The van der Waals surface area contributed by atoms with Gasteiger partial charge in [0.15, 0.2) is 0 Å². The van der Waals surface area contributed by atoms with Crippen LogP contribution in [0.3, 0.4) is 0 Å². The Bertz CT molecular complexity index is 561. The first-order valence-electron chi connectivity index (χ1n) is 8.89. The molecule has 1 amide bonds. The van der Waals surface area contributed by atoms with Crippen LogP contribution in [-0.4, -0.2) is 94.9 Å². The van der Waals surface area contributed by atoms with E-state index in [0.29, 0.717) is 26.1 Å². The number of aryl methyl sites for hydroxylation is 1. The average Bonchev–Trinajstić information content (AvgIpc) is 3.04. The van der Waals surface area contributed by atoms with Crippen molar-refractivity contribution in [3.8, 4) is 0 Å². The first-order valence-corrected chi connectivity index (χ1v) is 8.89. The van der Waals surface area contributed by atoms with Crippen molar-refractivity contribution in [1.82, 2.24) is 24.9 Å². The van der Waals surface area contributed by atoms with E-state index in [9.17, 15) is 9.90 Å². The maximum atomic E-state index is 12.6. The molecule has 2 saturated heterocycles. The van der Waals surface area contributed by atoms with Crippen LogP contribution in [0.4, 0.5) is 0 Å². The molecule has 2 N–H and O–H groups in total. The molecule has 3 rings (SSSR count). The second-order valence-electron chi connectivity index (χ2n) is 7.31. The highest BCUT2D eigenvalue weighted by Crippen LogP contribution is 2.21. The number of carbonyl (C=O) groups is 1. The van der Waals surface area contributed by atoms with Crippen molar-refractivity contribution in [2.45, 2.75) is 25.9 Å². The Balaban J connectivity index is 1.51. The van der Waals surface area contributed by atoms with Crippen LogP contribution < -0.4 is 0 Å². The number of carbonyl (C=O) groups excluding carboxylic acids is 1. The van der Waals surface area contributed by atoms with E-state index >= 15 is 0 Å². The molecule has 1 aromatic heterocycles. The molecule has 134 valence electrons. The highest BCUT2D eigenvalue weighted by Gasteiger charge is 2.34. The second-order valence-corrected chi connectivity index (χ2v) is 7.31. The van der Waals surface area contributed by atoms with Gasteiger partial charge in [-0.05, 0) is 46.0 Å². The van der Waals surface area contributed by atoms with Crippen molar-refractivity contribution >= 4 is 5.91 Å². The third kappa shape index (κ3) is 4.34. The number of nitrogens with one attached hydrogen (secondary N) is 1. The van der Waals surface area contributed by atoms with Gasteiger partial charge in [0.25, 0.3) is 0 Å². The fraction of sp³-hybridized carbons (Fsp3) is 0.765. The van der Waals surface area contributed by atoms with Crippen molar-refractivity contribution in [3.05, 3.63) is 17.5 Å². The van der Waals surface area contributed by atoms with Crippen LogP contribution in [0.5, 0.6) is 0 Å². The van der Waals surface area contributed by atoms with Crippen molar-refractivity contribution in [3.63, 3.8) is 0 Å². The first-order chi connectivity index (χ1) is 11.5. The molecule has 2 atom stereocenters. The highest BCUT2D eigenvalue weighted by atomic mass is 16.3. The number of β-amino-alcohol motifs (C(OH)–C–C–N with tert-alkyl or cyclic N) is 1. The van der Waals surface area contributed by atoms with Crippen LogP contribution >= 0.6 is 0 Å². The van der Waals surface area contributed by atoms with Gasteiger partial charge in [-0.1, -0.05) is 0 Å². The monoisotopic (exact) mass is 335 g/mol. The normalized spacial score (nSPS) is 26.7. The molecule has 7 heteroatoms. The molecule has 7 nitrogen and oxygen atoms in total. The minimum absolute atomic E-state index is 0.0758. The number of rotatable bonds is 4. The molecule has 0 radical (unpaired) electrons.